The molecule has 4 nitrogen and oxygen atoms in total. The minimum atomic E-state index is -0.864. The molecule has 1 heterocycles. The van der Waals surface area contributed by atoms with Crippen molar-refractivity contribution in [2.75, 3.05) is 0 Å². The standard InChI is InChI=1S/C11H13NO3/c13-10(14)8-5-11(15,6-8)7-9-3-1-2-4-12-9/h1-4,8,15H,5-7H2,(H,13,14). The fraction of sp³-hybridized carbons (Fsp3) is 0.455. The van der Waals surface area contributed by atoms with Crippen LogP contribution in [0.4, 0.5) is 0 Å². The van der Waals surface area contributed by atoms with Crippen molar-refractivity contribution in [3.8, 4) is 0 Å². The highest BCUT2D eigenvalue weighted by molar-refractivity contribution is 5.71. The van der Waals surface area contributed by atoms with Gasteiger partial charge in [-0.25, -0.2) is 0 Å². The molecule has 80 valence electrons. The van der Waals surface area contributed by atoms with Crippen molar-refractivity contribution in [2.45, 2.75) is 24.9 Å². The van der Waals surface area contributed by atoms with E-state index in [1.807, 2.05) is 18.2 Å². The first-order chi connectivity index (χ1) is 7.09. The van der Waals surface area contributed by atoms with Gasteiger partial charge in [-0.15, -0.1) is 0 Å². The minimum Gasteiger partial charge on any atom is -0.481 e. The second-order valence-corrected chi connectivity index (χ2v) is 4.17. The van der Waals surface area contributed by atoms with Crippen molar-refractivity contribution >= 4 is 5.97 Å². The third-order valence-corrected chi connectivity index (χ3v) is 2.84. The Morgan fingerprint density at radius 1 is 1.53 bits per heavy atom. The molecule has 0 radical (unpaired) electrons. The van der Waals surface area contributed by atoms with E-state index < -0.39 is 17.5 Å². The maximum atomic E-state index is 10.6. The van der Waals surface area contributed by atoms with Gasteiger partial charge in [0.15, 0.2) is 0 Å². The topological polar surface area (TPSA) is 70.4 Å². The Labute approximate surface area is 87.6 Å². The number of carboxylic acid groups (broad SMARTS) is 1. The van der Waals surface area contributed by atoms with Crippen LogP contribution in [0.1, 0.15) is 18.5 Å². The Balaban J connectivity index is 1.95. The Morgan fingerprint density at radius 3 is 2.80 bits per heavy atom. The molecule has 0 atom stereocenters. The highest BCUT2D eigenvalue weighted by atomic mass is 16.4. The maximum Gasteiger partial charge on any atom is 0.306 e. The smallest absolute Gasteiger partial charge is 0.306 e. The summed E-state index contributed by atoms with van der Waals surface area (Å²) < 4.78 is 0. The lowest BCUT2D eigenvalue weighted by atomic mass is 9.69. The average Bonchev–Trinajstić information content (AvgIpc) is 2.15. The first-order valence-electron chi connectivity index (χ1n) is 4.94. The van der Waals surface area contributed by atoms with E-state index in [9.17, 15) is 9.90 Å². The lowest BCUT2D eigenvalue weighted by Gasteiger charge is -2.41. The Hall–Kier alpha value is -1.42. The summed E-state index contributed by atoms with van der Waals surface area (Å²) in [5.41, 5.74) is -0.0546. The summed E-state index contributed by atoms with van der Waals surface area (Å²) in [5, 5.41) is 18.7. The van der Waals surface area contributed by atoms with E-state index in [1.165, 1.54) is 0 Å². The predicted molar refractivity (Wildman–Crippen MR) is 53.3 cm³/mol. The largest absolute Gasteiger partial charge is 0.481 e. The fourth-order valence-corrected chi connectivity index (χ4v) is 2.02. The monoisotopic (exact) mass is 207 g/mol. The number of hydrogen-bond acceptors (Lipinski definition) is 3. The average molecular weight is 207 g/mol. The van der Waals surface area contributed by atoms with E-state index in [1.54, 1.807) is 6.20 Å². The highest BCUT2D eigenvalue weighted by Gasteiger charge is 2.46. The summed E-state index contributed by atoms with van der Waals surface area (Å²) in [7, 11) is 0. The summed E-state index contributed by atoms with van der Waals surface area (Å²) in [5.74, 6) is -1.21. The Kier molecular flexibility index (Phi) is 2.44. The number of carboxylic acids is 1. The van der Waals surface area contributed by atoms with Crippen LogP contribution in [0.15, 0.2) is 24.4 Å². The van der Waals surface area contributed by atoms with Crippen LogP contribution in [0.5, 0.6) is 0 Å². The van der Waals surface area contributed by atoms with Crippen molar-refractivity contribution in [3.05, 3.63) is 30.1 Å². The lowest BCUT2D eigenvalue weighted by Crippen LogP contribution is -2.48. The number of aliphatic hydroxyl groups is 1. The van der Waals surface area contributed by atoms with Crippen molar-refractivity contribution in [1.29, 1.82) is 0 Å². The van der Waals surface area contributed by atoms with Gasteiger partial charge in [0.1, 0.15) is 0 Å². The van der Waals surface area contributed by atoms with Crippen LogP contribution >= 0.6 is 0 Å². The molecule has 0 saturated heterocycles. The zero-order valence-corrected chi connectivity index (χ0v) is 8.26. The number of rotatable bonds is 3. The van der Waals surface area contributed by atoms with Crippen LogP contribution < -0.4 is 0 Å². The minimum absolute atomic E-state index is 0.332. The normalized spacial score (nSPS) is 29.5. The Morgan fingerprint density at radius 2 is 2.27 bits per heavy atom. The van der Waals surface area contributed by atoms with E-state index in [-0.39, 0.29) is 0 Å². The number of nitrogens with zero attached hydrogens (tertiary/aromatic N) is 1. The third-order valence-electron chi connectivity index (χ3n) is 2.84. The summed E-state index contributed by atoms with van der Waals surface area (Å²) in [4.78, 5) is 14.7. The Bertz CT molecular complexity index is 357. The van der Waals surface area contributed by atoms with Crippen LogP contribution in [-0.2, 0) is 11.2 Å². The van der Waals surface area contributed by atoms with Gasteiger partial charge in [0.2, 0.25) is 0 Å². The van der Waals surface area contributed by atoms with Gasteiger partial charge in [0.25, 0.3) is 0 Å². The summed E-state index contributed by atoms with van der Waals surface area (Å²) in [6, 6.07) is 5.51. The number of hydrogen-bond donors (Lipinski definition) is 2. The predicted octanol–water partition coefficient (Wildman–Crippen LogP) is 0.850. The molecule has 2 N–H and O–H groups in total. The van der Waals surface area contributed by atoms with Crippen LogP contribution in [0.25, 0.3) is 0 Å². The van der Waals surface area contributed by atoms with Crippen molar-refractivity contribution in [3.63, 3.8) is 0 Å². The molecule has 1 saturated carbocycles. The molecular formula is C11H13NO3. The summed E-state index contributed by atoms with van der Waals surface area (Å²) in [6.07, 6.45) is 2.78. The zero-order valence-electron chi connectivity index (χ0n) is 8.26. The van der Waals surface area contributed by atoms with Crippen molar-refractivity contribution in [2.24, 2.45) is 5.92 Å². The number of aromatic nitrogens is 1. The molecule has 1 aromatic rings. The van der Waals surface area contributed by atoms with E-state index in [4.69, 9.17) is 5.11 Å². The molecule has 0 bridgehead atoms. The molecule has 0 aromatic carbocycles. The van der Waals surface area contributed by atoms with Gasteiger partial charge in [-0.1, -0.05) is 6.07 Å². The van der Waals surface area contributed by atoms with Gasteiger partial charge < -0.3 is 10.2 Å². The molecule has 4 heteroatoms. The highest BCUT2D eigenvalue weighted by Crippen LogP contribution is 2.39. The quantitative estimate of drug-likeness (QED) is 0.770. The molecule has 2 rings (SSSR count). The lowest BCUT2D eigenvalue weighted by molar-refractivity contribution is -0.158. The molecule has 15 heavy (non-hydrogen) atoms. The van der Waals surface area contributed by atoms with Gasteiger partial charge in [-0.05, 0) is 25.0 Å². The second kappa shape index (κ2) is 3.62. The van der Waals surface area contributed by atoms with E-state index in [2.05, 4.69) is 4.98 Å². The fourth-order valence-electron chi connectivity index (χ4n) is 2.02. The third kappa shape index (κ3) is 2.15. The number of pyridine rings is 1. The van der Waals surface area contributed by atoms with Gasteiger partial charge in [0, 0.05) is 18.3 Å². The maximum absolute atomic E-state index is 10.6. The first-order valence-corrected chi connectivity index (χ1v) is 4.94. The molecule has 1 aliphatic rings. The van der Waals surface area contributed by atoms with Gasteiger partial charge in [0.05, 0.1) is 11.5 Å². The van der Waals surface area contributed by atoms with Crippen molar-refractivity contribution in [1.82, 2.24) is 4.98 Å². The van der Waals surface area contributed by atoms with Gasteiger partial charge in [-0.2, -0.15) is 0 Å². The van der Waals surface area contributed by atoms with Crippen LogP contribution in [-0.4, -0.2) is 26.8 Å². The molecule has 1 aromatic heterocycles. The molecule has 0 spiro atoms. The van der Waals surface area contributed by atoms with Crippen LogP contribution in [0.2, 0.25) is 0 Å². The molecule has 1 fully saturated rings. The van der Waals surface area contributed by atoms with Crippen molar-refractivity contribution < 1.29 is 15.0 Å². The number of carbonyl (C=O) groups is 1. The zero-order chi connectivity index (χ0) is 10.9. The molecule has 0 unspecified atom stereocenters. The van der Waals surface area contributed by atoms with E-state index >= 15 is 0 Å². The van der Waals surface area contributed by atoms with E-state index in [0.29, 0.717) is 19.3 Å². The van der Waals surface area contributed by atoms with E-state index in [0.717, 1.165) is 5.69 Å². The van der Waals surface area contributed by atoms with Gasteiger partial charge >= 0.3 is 5.97 Å². The molecular weight excluding hydrogens is 194 g/mol. The first kappa shape index (κ1) is 10.1. The SMILES string of the molecule is O=C(O)C1CC(O)(Cc2ccccn2)C1. The number of aliphatic carboxylic acids is 1. The van der Waals surface area contributed by atoms with Crippen LogP contribution in [0.3, 0.4) is 0 Å². The molecule has 0 amide bonds. The molecule has 0 aliphatic heterocycles. The summed E-state index contributed by atoms with van der Waals surface area (Å²) in [6.45, 7) is 0. The van der Waals surface area contributed by atoms with Gasteiger partial charge in [-0.3, -0.25) is 9.78 Å². The summed E-state index contributed by atoms with van der Waals surface area (Å²) >= 11 is 0. The second-order valence-electron chi connectivity index (χ2n) is 4.17. The van der Waals surface area contributed by atoms with Crippen LogP contribution in [0, 0.1) is 5.92 Å². The molecule has 1 aliphatic carbocycles.